The minimum absolute atomic E-state index is 0.177. The second kappa shape index (κ2) is 13.4. The van der Waals surface area contributed by atoms with Gasteiger partial charge in [0, 0.05) is 6.04 Å². The zero-order valence-corrected chi connectivity index (χ0v) is 17.9. The van der Waals surface area contributed by atoms with Gasteiger partial charge in [-0.2, -0.15) is 0 Å². The van der Waals surface area contributed by atoms with Gasteiger partial charge in [-0.15, -0.1) is 0 Å². The number of carbonyl (C=O) groups excluding carboxylic acids is 1. The number of ether oxygens (including phenoxy) is 1. The van der Waals surface area contributed by atoms with Gasteiger partial charge < -0.3 is 4.74 Å². The van der Waals surface area contributed by atoms with Crippen molar-refractivity contribution in [2.45, 2.75) is 103 Å². The normalized spacial score (nSPS) is 19.9. The minimum Gasteiger partial charge on any atom is -0.445 e. The second-order valence-electron chi connectivity index (χ2n) is 8.13. The number of piperidine rings is 1. The smallest absolute Gasteiger partial charge is 0.410 e. The summed E-state index contributed by atoms with van der Waals surface area (Å²) >= 11 is 0. The molecule has 1 saturated heterocycles. The third-order valence-electron chi connectivity index (χ3n) is 5.70. The maximum Gasteiger partial charge on any atom is 0.410 e. The molecule has 3 heteroatoms. The second-order valence-corrected chi connectivity index (χ2v) is 8.13. The fourth-order valence-electron chi connectivity index (χ4n) is 4.00. The van der Waals surface area contributed by atoms with E-state index in [1.807, 2.05) is 35.2 Å². The standard InChI is InChI=1S/C25H39NO2/c1-3-4-5-6-7-8-9-10-14-19-24-20-15-16-22(2)26(24)25(27)28-21-23-17-12-11-13-18-23/h11-14,17-19,22,24H,3-10,15-16,20-21H2,1-2H3/b19-14+/t22-,24+/m0/s1. The molecule has 1 aromatic rings. The van der Waals surface area contributed by atoms with Crippen molar-refractivity contribution in [2.24, 2.45) is 0 Å². The van der Waals surface area contributed by atoms with E-state index in [2.05, 4.69) is 26.0 Å². The van der Waals surface area contributed by atoms with Gasteiger partial charge in [0.1, 0.15) is 6.61 Å². The summed E-state index contributed by atoms with van der Waals surface area (Å²) in [4.78, 5) is 14.7. The quantitative estimate of drug-likeness (QED) is 0.296. The molecular weight excluding hydrogens is 346 g/mol. The molecule has 2 atom stereocenters. The van der Waals surface area contributed by atoms with Crippen molar-refractivity contribution in [2.75, 3.05) is 0 Å². The number of nitrogens with zero attached hydrogens (tertiary/aromatic N) is 1. The molecule has 156 valence electrons. The van der Waals surface area contributed by atoms with Crippen molar-refractivity contribution in [1.29, 1.82) is 0 Å². The minimum atomic E-state index is -0.179. The van der Waals surface area contributed by atoms with Crippen LogP contribution in [0.4, 0.5) is 4.79 Å². The van der Waals surface area contributed by atoms with Crippen LogP contribution in [0.1, 0.15) is 90.0 Å². The van der Waals surface area contributed by atoms with E-state index in [9.17, 15) is 4.79 Å². The van der Waals surface area contributed by atoms with Crippen molar-refractivity contribution < 1.29 is 9.53 Å². The lowest BCUT2D eigenvalue weighted by Crippen LogP contribution is -2.48. The van der Waals surface area contributed by atoms with Gasteiger partial charge in [-0.3, -0.25) is 4.90 Å². The fraction of sp³-hybridized carbons (Fsp3) is 0.640. The highest BCUT2D eigenvalue weighted by Crippen LogP contribution is 2.25. The van der Waals surface area contributed by atoms with Gasteiger partial charge in [-0.25, -0.2) is 4.79 Å². The molecule has 1 aromatic carbocycles. The number of carbonyl (C=O) groups is 1. The Labute approximate surface area is 172 Å². The molecule has 0 spiro atoms. The van der Waals surface area contributed by atoms with Crippen LogP contribution in [0.3, 0.4) is 0 Å². The largest absolute Gasteiger partial charge is 0.445 e. The predicted octanol–water partition coefficient (Wildman–Crippen LogP) is 7.26. The Kier molecular flexibility index (Phi) is 10.8. The molecule has 1 aliphatic heterocycles. The SMILES string of the molecule is CCCCCCCCC/C=C/[C@@H]1CCC[C@H](C)N1C(=O)OCc1ccccc1. The third-order valence-corrected chi connectivity index (χ3v) is 5.70. The molecule has 1 aliphatic rings. The van der Waals surface area contributed by atoms with Gasteiger partial charge in [0.05, 0.1) is 6.04 Å². The number of amides is 1. The maximum atomic E-state index is 12.7. The van der Waals surface area contributed by atoms with Gasteiger partial charge in [0.15, 0.2) is 0 Å². The number of hydrogen-bond donors (Lipinski definition) is 0. The van der Waals surface area contributed by atoms with Gasteiger partial charge in [-0.1, -0.05) is 87.9 Å². The number of benzene rings is 1. The molecule has 0 bridgehead atoms. The Morgan fingerprint density at radius 3 is 2.54 bits per heavy atom. The van der Waals surface area contributed by atoms with Crippen molar-refractivity contribution in [3.8, 4) is 0 Å². The molecule has 0 radical (unpaired) electrons. The summed E-state index contributed by atoms with van der Waals surface area (Å²) in [6.07, 6.45) is 18.1. The highest BCUT2D eigenvalue weighted by atomic mass is 16.6. The van der Waals surface area contributed by atoms with Crippen LogP contribution in [0.5, 0.6) is 0 Å². The van der Waals surface area contributed by atoms with Crippen LogP contribution in [0.25, 0.3) is 0 Å². The Hall–Kier alpha value is -1.77. The molecule has 1 heterocycles. The Bertz CT molecular complexity index is 569. The Balaban J connectivity index is 1.75. The van der Waals surface area contributed by atoms with E-state index in [0.717, 1.165) is 24.8 Å². The summed E-state index contributed by atoms with van der Waals surface area (Å²) in [7, 11) is 0. The zero-order valence-electron chi connectivity index (χ0n) is 17.9. The molecule has 2 rings (SSSR count). The average Bonchev–Trinajstić information content (AvgIpc) is 2.71. The molecule has 1 amide bonds. The predicted molar refractivity (Wildman–Crippen MR) is 117 cm³/mol. The first-order valence-corrected chi connectivity index (χ1v) is 11.4. The first kappa shape index (κ1) is 22.5. The average molecular weight is 386 g/mol. The van der Waals surface area contributed by atoms with Crippen molar-refractivity contribution in [1.82, 2.24) is 4.90 Å². The molecule has 1 fully saturated rings. The van der Waals surface area contributed by atoms with Crippen LogP contribution < -0.4 is 0 Å². The summed E-state index contributed by atoms with van der Waals surface area (Å²) < 4.78 is 5.61. The van der Waals surface area contributed by atoms with Crippen LogP contribution in [0.2, 0.25) is 0 Å². The first-order chi connectivity index (χ1) is 13.7. The summed E-state index contributed by atoms with van der Waals surface area (Å²) in [5.74, 6) is 0. The van der Waals surface area contributed by atoms with Crippen LogP contribution in [0, 0.1) is 0 Å². The topological polar surface area (TPSA) is 29.5 Å². The number of unbranched alkanes of at least 4 members (excludes halogenated alkanes) is 7. The van der Waals surface area contributed by atoms with Gasteiger partial charge in [0.25, 0.3) is 0 Å². The number of likely N-dealkylation sites (tertiary alicyclic amines) is 1. The molecule has 0 unspecified atom stereocenters. The Morgan fingerprint density at radius 1 is 1.07 bits per heavy atom. The lowest BCUT2D eigenvalue weighted by molar-refractivity contribution is 0.0573. The lowest BCUT2D eigenvalue weighted by Gasteiger charge is -2.38. The molecule has 3 nitrogen and oxygen atoms in total. The highest BCUT2D eigenvalue weighted by molar-refractivity contribution is 5.69. The van der Waals surface area contributed by atoms with Crippen LogP contribution in [-0.2, 0) is 11.3 Å². The summed E-state index contributed by atoms with van der Waals surface area (Å²) in [6, 6.07) is 10.3. The zero-order chi connectivity index (χ0) is 20.0. The van der Waals surface area contributed by atoms with E-state index in [4.69, 9.17) is 4.74 Å². The van der Waals surface area contributed by atoms with Crippen molar-refractivity contribution in [3.05, 3.63) is 48.0 Å². The number of allylic oxidation sites excluding steroid dienone is 1. The monoisotopic (exact) mass is 385 g/mol. The van der Waals surface area contributed by atoms with E-state index in [1.165, 1.54) is 51.4 Å². The lowest BCUT2D eigenvalue weighted by atomic mass is 9.96. The molecule has 0 saturated carbocycles. The van der Waals surface area contributed by atoms with E-state index in [1.54, 1.807) is 0 Å². The molecule has 28 heavy (non-hydrogen) atoms. The molecular formula is C25H39NO2. The van der Waals surface area contributed by atoms with Crippen LogP contribution in [-0.4, -0.2) is 23.1 Å². The highest BCUT2D eigenvalue weighted by Gasteiger charge is 2.31. The molecule has 0 aliphatic carbocycles. The fourth-order valence-corrected chi connectivity index (χ4v) is 4.00. The number of hydrogen-bond acceptors (Lipinski definition) is 2. The third kappa shape index (κ3) is 8.08. The summed E-state index contributed by atoms with van der Waals surface area (Å²) in [5.41, 5.74) is 1.03. The van der Waals surface area contributed by atoms with E-state index in [0.29, 0.717) is 6.61 Å². The molecule has 0 N–H and O–H groups in total. The van der Waals surface area contributed by atoms with Gasteiger partial charge in [-0.05, 0) is 44.6 Å². The first-order valence-electron chi connectivity index (χ1n) is 11.4. The van der Waals surface area contributed by atoms with E-state index in [-0.39, 0.29) is 18.2 Å². The summed E-state index contributed by atoms with van der Waals surface area (Å²) in [5, 5.41) is 0. The van der Waals surface area contributed by atoms with E-state index >= 15 is 0 Å². The van der Waals surface area contributed by atoms with Gasteiger partial charge >= 0.3 is 6.09 Å². The maximum absolute atomic E-state index is 12.7. The van der Waals surface area contributed by atoms with Gasteiger partial charge in [0.2, 0.25) is 0 Å². The van der Waals surface area contributed by atoms with Crippen LogP contribution >= 0.6 is 0 Å². The number of rotatable bonds is 11. The summed E-state index contributed by atoms with van der Waals surface area (Å²) in [6.45, 7) is 4.75. The Morgan fingerprint density at radius 2 is 1.79 bits per heavy atom. The molecule has 0 aromatic heterocycles. The van der Waals surface area contributed by atoms with E-state index < -0.39 is 0 Å². The van der Waals surface area contributed by atoms with Crippen LogP contribution in [0.15, 0.2) is 42.5 Å². The van der Waals surface area contributed by atoms with Crippen molar-refractivity contribution in [3.63, 3.8) is 0 Å². The van der Waals surface area contributed by atoms with Crippen molar-refractivity contribution >= 4 is 6.09 Å².